The number of hydrogen-bond donors (Lipinski definition) is 1. The van der Waals surface area contributed by atoms with Crippen molar-refractivity contribution in [2.75, 3.05) is 0 Å². The van der Waals surface area contributed by atoms with Gasteiger partial charge in [-0.3, -0.25) is 4.79 Å². The molecule has 0 bridgehead atoms. The van der Waals surface area contributed by atoms with E-state index in [1.807, 2.05) is 43.3 Å². The summed E-state index contributed by atoms with van der Waals surface area (Å²) in [7, 11) is 0. The van der Waals surface area contributed by atoms with Gasteiger partial charge in [0.25, 0.3) is 0 Å². The fourth-order valence-corrected chi connectivity index (χ4v) is 2.26. The standard InChI is InChI=1S/C13H14O2/c1-2-13(12(14)15)9-5-7-10-6-3-4-8-11(10)13/h3-6,8-9H,2,7H2,1H3,(H,14,15). The Hall–Kier alpha value is -1.57. The van der Waals surface area contributed by atoms with E-state index < -0.39 is 11.4 Å². The molecule has 2 heteroatoms. The van der Waals surface area contributed by atoms with E-state index in [9.17, 15) is 9.90 Å². The van der Waals surface area contributed by atoms with Gasteiger partial charge in [0.15, 0.2) is 0 Å². The minimum absolute atomic E-state index is 0.593. The lowest BCUT2D eigenvalue weighted by atomic mass is 9.72. The third-order valence-electron chi connectivity index (χ3n) is 3.18. The van der Waals surface area contributed by atoms with Crippen LogP contribution < -0.4 is 0 Å². The molecule has 78 valence electrons. The Bertz CT molecular complexity index is 420. The minimum Gasteiger partial charge on any atom is -0.480 e. The number of carboxylic acids is 1. The SMILES string of the molecule is CCC1(C(=O)O)C=CCc2ccccc21. The molecule has 1 aliphatic carbocycles. The molecule has 0 radical (unpaired) electrons. The highest BCUT2D eigenvalue weighted by Gasteiger charge is 2.38. The molecular formula is C13H14O2. The van der Waals surface area contributed by atoms with Gasteiger partial charge in [-0.25, -0.2) is 0 Å². The second kappa shape index (κ2) is 3.54. The van der Waals surface area contributed by atoms with Gasteiger partial charge in [-0.05, 0) is 24.0 Å². The lowest BCUT2D eigenvalue weighted by molar-refractivity contribution is -0.142. The number of allylic oxidation sites excluding steroid dienone is 1. The first kappa shape index (κ1) is 9.97. The van der Waals surface area contributed by atoms with E-state index in [0.29, 0.717) is 6.42 Å². The molecule has 1 unspecified atom stereocenters. The van der Waals surface area contributed by atoms with E-state index in [-0.39, 0.29) is 0 Å². The van der Waals surface area contributed by atoms with Crippen molar-refractivity contribution in [3.8, 4) is 0 Å². The van der Waals surface area contributed by atoms with E-state index in [4.69, 9.17) is 0 Å². The topological polar surface area (TPSA) is 37.3 Å². The average Bonchev–Trinajstić information content (AvgIpc) is 2.28. The van der Waals surface area contributed by atoms with E-state index in [1.165, 1.54) is 0 Å². The number of aliphatic carboxylic acids is 1. The second-order valence-electron chi connectivity index (χ2n) is 3.89. The molecule has 15 heavy (non-hydrogen) atoms. The molecule has 1 aromatic rings. The number of fused-ring (bicyclic) bond motifs is 1. The van der Waals surface area contributed by atoms with Crippen molar-refractivity contribution in [1.82, 2.24) is 0 Å². The molecule has 0 fully saturated rings. The Morgan fingerprint density at radius 2 is 2.20 bits per heavy atom. The highest BCUT2D eigenvalue weighted by molar-refractivity contribution is 5.85. The van der Waals surface area contributed by atoms with Crippen LogP contribution in [0.5, 0.6) is 0 Å². The van der Waals surface area contributed by atoms with Crippen LogP contribution in [0.4, 0.5) is 0 Å². The summed E-state index contributed by atoms with van der Waals surface area (Å²) in [5.74, 6) is -0.756. The van der Waals surface area contributed by atoms with Crippen molar-refractivity contribution < 1.29 is 9.90 Å². The molecule has 0 heterocycles. The predicted octanol–water partition coefficient (Wildman–Crippen LogP) is 2.53. The number of carboxylic acid groups (broad SMARTS) is 1. The number of hydrogen-bond acceptors (Lipinski definition) is 1. The molecule has 1 aromatic carbocycles. The van der Waals surface area contributed by atoms with E-state index >= 15 is 0 Å². The van der Waals surface area contributed by atoms with Crippen molar-refractivity contribution in [2.24, 2.45) is 0 Å². The van der Waals surface area contributed by atoms with Crippen LogP contribution in [0.25, 0.3) is 0 Å². The molecule has 0 aromatic heterocycles. The highest BCUT2D eigenvalue weighted by atomic mass is 16.4. The van der Waals surface area contributed by atoms with Crippen molar-refractivity contribution in [2.45, 2.75) is 25.2 Å². The summed E-state index contributed by atoms with van der Waals surface area (Å²) in [5, 5.41) is 9.38. The zero-order valence-corrected chi connectivity index (χ0v) is 8.73. The van der Waals surface area contributed by atoms with Crippen LogP contribution in [0.2, 0.25) is 0 Å². The first-order valence-corrected chi connectivity index (χ1v) is 5.20. The average molecular weight is 202 g/mol. The monoisotopic (exact) mass is 202 g/mol. The summed E-state index contributed by atoms with van der Waals surface area (Å²) >= 11 is 0. The second-order valence-corrected chi connectivity index (χ2v) is 3.89. The van der Waals surface area contributed by atoms with Crippen LogP contribution in [0, 0.1) is 0 Å². The summed E-state index contributed by atoms with van der Waals surface area (Å²) in [5.41, 5.74) is 1.27. The number of rotatable bonds is 2. The normalized spacial score (nSPS) is 23.5. The van der Waals surface area contributed by atoms with Crippen LogP contribution in [0.3, 0.4) is 0 Å². The summed E-state index contributed by atoms with van der Waals surface area (Å²) in [6.07, 6.45) is 5.22. The first-order chi connectivity index (χ1) is 7.20. The van der Waals surface area contributed by atoms with Gasteiger partial charge in [-0.1, -0.05) is 43.3 Å². The largest absolute Gasteiger partial charge is 0.480 e. The maximum Gasteiger partial charge on any atom is 0.318 e. The molecule has 1 atom stereocenters. The number of carbonyl (C=O) groups is 1. The third kappa shape index (κ3) is 1.37. The molecule has 0 aliphatic heterocycles. The van der Waals surface area contributed by atoms with Gasteiger partial charge in [0.2, 0.25) is 0 Å². The molecule has 2 rings (SSSR count). The lowest BCUT2D eigenvalue weighted by Gasteiger charge is -2.30. The highest BCUT2D eigenvalue weighted by Crippen LogP contribution is 2.35. The van der Waals surface area contributed by atoms with Crippen molar-refractivity contribution in [1.29, 1.82) is 0 Å². The fourth-order valence-electron chi connectivity index (χ4n) is 2.26. The van der Waals surface area contributed by atoms with Crippen molar-refractivity contribution in [3.05, 3.63) is 47.5 Å². The van der Waals surface area contributed by atoms with Gasteiger partial charge in [-0.2, -0.15) is 0 Å². The Morgan fingerprint density at radius 1 is 1.47 bits per heavy atom. The van der Waals surface area contributed by atoms with Gasteiger partial charge in [-0.15, -0.1) is 0 Å². The zero-order valence-electron chi connectivity index (χ0n) is 8.73. The van der Waals surface area contributed by atoms with Crippen LogP contribution >= 0.6 is 0 Å². The minimum atomic E-state index is -0.811. The molecule has 1 aliphatic rings. The smallest absolute Gasteiger partial charge is 0.318 e. The summed E-state index contributed by atoms with van der Waals surface area (Å²) in [6.45, 7) is 1.92. The van der Waals surface area contributed by atoms with Crippen LogP contribution in [-0.2, 0) is 16.6 Å². The Labute approximate surface area is 89.2 Å². The quantitative estimate of drug-likeness (QED) is 0.748. The Morgan fingerprint density at radius 3 is 2.87 bits per heavy atom. The molecule has 0 amide bonds. The number of benzene rings is 1. The van der Waals surface area contributed by atoms with E-state index in [1.54, 1.807) is 0 Å². The Kier molecular flexibility index (Phi) is 2.35. The fraction of sp³-hybridized carbons (Fsp3) is 0.308. The van der Waals surface area contributed by atoms with Crippen LogP contribution in [0.1, 0.15) is 24.5 Å². The molecule has 1 N–H and O–H groups in total. The van der Waals surface area contributed by atoms with E-state index in [2.05, 4.69) is 0 Å². The van der Waals surface area contributed by atoms with Gasteiger partial charge < -0.3 is 5.11 Å². The summed E-state index contributed by atoms with van der Waals surface area (Å²) < 4.78 is 0. The summed E-state index contributed by atoms with van der Waals surface area (Å²) in [6, 6.07) is 7.80. The summed E-state index contributed by atoms with van der Waals surface area (Å²) in [4.78, 5) is 11.4. The van der Waals surface area contributed by atoms with Gasteiger partial charge in [0.1, 0.15) is 5.41 Å². The van der Waals surface area contributed by atoms with Crippen LogP contribution in [-0.4, -0.2) is 11.1 Å². The zero-order chi connectivity index (χ0) is 10.9. The maximum atomic E-state index is 11.4. The molecular weight excluding hydrogens is 188 g/mol. The van der Waals surface area contributed by atoms with E-state index in [0.717, 1.165) is 17.5 Å². The van der Waals surface area contributed by atoms with Gasteiger partial charge in [0.05, 0.1) is 0 Å². The molecule has 0 spiro atoms. The Balaban J connectivity index is 2.62. The lowest BCUT2D eigenvalue weighted by Crippen LogP contribution is -2.35. The predicted molar refractivity (Wildman–Crippen MR) is 58.9 cm³/mol. The van der Waals surface area contributed by atoms with Crippen LogP contribution in [0.15, 0.2) is 36.4 Å². The van der Waals surface area contributed by atoms with Crippen molar-refractivity contribution in [3.63, 3.8) is 0 Å². The first-order valence-electron chi connectivity index (χ1n) is 5.20. The molecule has 0 saturated heterocycles. The van der Waals surface area contributed by atoms with Gasteiger partial charge in [0, 0.05) is 0 Å². The maximum absolute atomic E-state index is 11.4. The van der Waals surface area contributed by atoms with Gasteiger partial charge >= 0.3 is 5.97 Å². The molecule has 2 nitrogen and oxygen atoms in total. The van der Waals surface area contributed by atoms with Crippen molar-refractivity contribution >= 4 is 5.97 Å². The third-order valence-corrected chi connectivity index (χ3v) is 3.18. The molecule has 0 saturated carbocycles.